The van der Waals surface area contributed by atoms with Gasteiger partial charge in [0.25, 0.3) is 5.56 Å². The number of aromatic nitrogens is 2. The summed E-state index contributed by atoms with van der Waals surface area (Å²) < 4.78 is 49.9. The van der Waals surface area contributed by atoms with Crippen molar-refractivity contribution in [3.8, 4) is 11.5 Å². The fourth-order valence-corrected chi connectivity index (χ4v) is 4.28. The quantitative estimate of drug-likeness (QED) is 0.573. The molecule has 208 valence electrons. The maximum absolute atomic E-state index is 13.5. The van der Waals surface area contributed by atoms with E-state index in [1.54, 1.807) is 26.4 Å². The Morgan fingerprint density at radius 3 is 2.16 bits per heavy atom. The summed E-state index contributed by atoms with van der Waals surface area (Å²) in [6, 6.07) is 3.54. The van der Waals surface area contributed by atoms with Gasteiger partial charge in [-0.2, -0.15) is 13.2 Å². The number of methoxy groups -OCH3 is 2. The van der Waals surface area contributed by atoms with Gasteiger partial charge in [0, 0.05) is 25.7 Å². The zero-order valence-electron chi connectivity index (χ0n) is 22.1. The molecule has 0 spiro atoms. The predicted octanol–water partition coefficient (Wildman–Crippen LogP) is 3.95. The Morgan fingerprint density at radius 1 is 1.14 bits per heavy atom. The zero-order chi connectivity index (χ0) is 28.0. The van der Waals surface area contributed by atoms with Crippen LogP contribution in [0.1, 0.15) is 39.9 Å². The summed E-state index contributed by atoms with van der Waals surface area (Å²) in [6.45, 7) is 13.3. The van der Waals surface area contributed by atoms with E-state index in [2.05, 4.69) is 32.6 Å². The van der Waals surface area contributed by atoms with E-state index < -0.39 is 12.1 Å². The molecule has 1 unspecified atom stereocenters. The molecule has 2 aromatic rings. The second-order valence-electron chi connectivity index (χ2n) is 10.2. The molecule has 1 saturated heterocycles. The van der Waals surface area contributed by atoms with Crippen LogP contribution in [0.3, 0.4) is 0 Å². The second kappa shape index (κ2) is 12.6. The molecule has 3 rings (SSSR count). The van der Waals surface area contributed by atoms with Gasteiger partial charge in [-0.3, -0.25) is 14.3 Å². The number of hydrogen-bond donors (Lipinski definition) is 1. The minimum Gasteiger partial charge on any atom is -0.493 e. The lowest BCUT2D eigenvalue weighted by molar-refractivity contribution is -0.192. The van der Waals surface area contributed by atoms with Crippen molar-refractivity contribution < 1.29 is 37.3 Å². The third-order valence-corrected chi connectivity index (χ3v) is 5.70. The molecule has 1 aliphatic rings. The largest absolute Gasteiger partial charge is 0.493 e. The molecule has 2 heterocycles. The number of nitrogens with zero attached hydrogens (tertiary/aromatic N) is 3. The Balaban J connectivity index is 0.000000604. The number of ether oxygens (including phenoxy) is 3. The van der Waals surface area contributed by atoms with Crippen LogP contribution in [0.5, 0.6) is 11.5 Å². The van der Waals surface area contributed by atoms with Gasteiger partial charge < -0.3 is 19.3 Å². The first-order valence-corrected chi connectivity index (χ1v) is 11.9. The molecule has 1 atom stereocenters. The predicted molar refractivity (Wildman–Crippen MR) is 132 cm³/mol. The van der Waals surface area contributed by atoms with E-state index in [1.807, 2.05) is 4.57 Å². The Hall–Kier alpha value is -2.86. The van der Waals surface area contributed by atoms with Gasteiger partial charge in [0.1, 0.15) is 5.82 Å². The van der Waals surface area contributed by atoms with Crippen molar-refractivity contribution in [2.24, 2.45) is 11.3 Å². The number of alkyl halides is 3. The number of carbonyl (C=O) groups is 1. The third kappa shape index (κ3) is 8.89. The monoisotopic (exact) mass is 531 g/mol. The van der Waals surface area contributed by atoms with Crippen molar-refractivity contribution in [1.82, 2.24) is 14.5 Å². The Bertz CT molecular complexity index is 1120. The molecule has 0 bridgehead atoms. The highest BCUT2D eigenvalue weighted by Crippen LogP contribution is 2.31. The van der Waals surface area contributed by atoms with Gasteiger partial charge in [-0.1, -0.05) is 27.7 Å². The van der Waals surface area contributed by atoms with E-state index in [4.69, 9.17) is 29.1 Å². The van der Waals surface area contributed by atoms with Gasteiger partial charge >= 0.3 is 12.1 Å². The maximum atomic E-state index is 13.5. The molecule has 1 aromatic carbocycles. The van der Waals surface area contributed by atoms with Crippen LogP contribution in [0.25, 0.3) is 10.9 Å². The molecule has 1 fully saturated rings. The minimum atomic E-state index is -5.08. The summed E-state index contributed by atoms with van der Waals surface area (Å²) in [4.78, 5) is 29.6. The van der Waals surface area contributed by atoms with Gasteiger partial charge in [-0.15, -0.1) is 0 Å². The molecule has 0 radical (unpaired) electrons. The summed E-state index contributed by atoms with van der Waals surface area (Å²) in [5.74, 6) is -0.493. The lowest BCUT2D eigenvalue weighted by Crippen LogP contribution is -2.38. The van der Waals surface area contributed by atoms with Crippen LogP contribution < -0.4 is 15.0 Å². The highest BCUT2D eigenvalue weighted by atomic mass is 19.4. The number of carboxylic acid groups (broad SMARTS) is 1. The van der Waals surface area contributed by atoms with Crippen molar-refractivity contribution in [3.63, 3.8) is 0 Å². The number of hydrogen-bond acceptors (Lipinski definition) is 7. The zero-order valence-corrected chi connectivity index (χ0v) is 22.1. The van der Waals surface area contributed by atoms with Crippen LogP contribution >= 0.6 is 0 Å². The maximum Gasteiger partial charge on any atom is 0.490 e. The number of carboxylic acids is 1. The van der Waals surface area contributed by atoms with Crippen LogP contribution in [0.2, 0.25) is 0 Å². The summed E-state index contributed by atoms with van der Waals surface area (Å²) in [5.41, 5.74) is 0.819. The minimum absolute atomic E-state index is 0.0232. The molecule has 12 heteroatoms. The van der Waals surface area contributed by atoms with E-state index in [0.717, 1.165) is 25.3 Å². The summed E-state index contributed by atoms with van der Waals surface area (Å²) in [5, 5.41) is 7.68. The SMILES string of the molecule is COc1cc2nc(CN3CCOCC3)n(CC(C)CC(C)(C)C)c(=O)c2cc1OC.O=C(O)C(F)(F)F. The lowest BCUT2D eigenvalue weighted by atomic mass is 9.85. The normalized spacial score (nSPS) is 15.6. The lowest BCUT2D eigenvalue weighted by Gasteiger charge is -2.28. The van der Waals surface area contributed by atoms with Crippen molar-refractivity contribution in [3.05, 3.63) is 28.3 Å². The Kier molecular flexibility index (Phi) is 10.3. The molecule has 1 N–H and O–H groups in total. The van der Waals surface area contributed by atoms with Crippen molar-refractivity contribution in [2.75, 3.05) is 40.5 Å². The molecule has 37 heavy (non-hydrogen) atoms. The highest BCUT2D eigenvalue weighted by Gasteiger charge is 2.38. The van der Waals surface area contributed by atoms with Crippen LogP contribution in [0, 0.1) is 11.3 Å². The standard InChI is InChI=1S/C23H35N3O4.C2HF3O2/c1-16(13-23(2,3)4)14-26-21(15-25-7-9-30-10-8-25)24-18-12-20(29-6)19(28-5)11-17(18)22(26)27;3-2(4,5)1(6)7/h11-12,16H,7-10,13-15H2,1-6H3;(H,6,7). The number of morpholine rings is 1. The first-order chi connectivity index (χ1) is 17.2. The summed E-state index contributed by atoms with van der Waals surface area (Å²) in [6.07, 6.45) is -4.06. The van der Waals surface area contributed by atoms with Crippen molar-refractivity contribution in [2.45, 2.75) is 53.4 Å². The number of halogens is 3. The number of benzene rings is 1. The van der Waals surface area contributed by atoms with Crippen molar-refractivity contribution >= 4 is 16.9 Å². The Morgan fingerprint density at radius 2 is 1.68 bits per heavy atom. The third-order valence-electron chi connectivity index (χ3n) is 5.70. The van der Waals surface area contributed by atoms with Gasteiger partial charge in [0.05, 0.1) is 44.9 Å². The van der Waals surface area contributed by atoms with Gasteiger partial charge in [-0.05, 0) is 23.8 Å². The van der Waals surface area contributed by atoms with E-state index in [9.17, 15) is 18.0 Å². The van der Waals surface area contributed by atoms with Crippen LogP contribution in [0.4, 0.5) is 13.2 Å². The summed E-state index contributed by atoms with van der Waals surface area (Å²) >= 11 is 0. The van der Waals surface area contributed by atoms with E-state index in [1.165, 1.54) is 0 Å². The second-order valence-corrected chi connectivity index (χ2v) is 10.2. The first kappa shape index (κ1) is 30.4. The molecule has 9 nitrogen and oxygen atoms in total. The first-order valence-electron chi connectivity index (χ1n) is 11.9. The van der Waals surface area contributed by atoms with Crippen LogP contribution in [0.15, 0.2) is 16.9 Å². The average Bonchev–Trinajstić information content (AvgIpc) is 2.80. The van der Waals surface area contributed by atoms with Crippen LogP contribution in [-0.4, -0.2) is 72.2 Å². The Labute approximate surface area is 214 Å². The van der Waals surface area contributed by atoms with Gasteiger partial charge in [0.2, 0.25) is 0 Å². The van der Waals surface area contributed by atoms with Gasteiger partial charge in [-0.25, -0.2) is 9.78 Å². The number of aliphatic carboxylic acids is 1. The van der Waals surface area contributed by atoms with Crippen LogP contribution in [-0.2, 0) is 22.6 Å². The van der Waals surface area contributed by atoms with E-state index in [0.29, 0.717) is 54.6 Å². The number of rotatable bonds is 7. The average molecular weight is 532 g/mol. The molecule has 1 aromatic heterocycles. The molecular weight excluding hydrogens is 495 g/mol. The molecule has 0 amide bonds. The fourth-order valence-electron chi connectivity index (χ4n) is 4.28. The summed E-state index contributed by atoms with van der Waals surface area (Å²) in [7, 11) is 3.17. The highest BCUT2D eigenvalue weighted by molar-refractivity contribution is 5.82. The number of fused-ring (bicyclic) bond motifs is 1. The fraction of sp³-hybridized carbons (Fsp3) is 0.640. The molecule has 1 aliphatic heterocycles. The van der Waals surface area contributed by atoms with Gasteiger partial charge in [0.15, 0.2) is 11.5 Å². The molecule has 0 aliphatic carbocycles. The smallest absolute Gasteiger partial charge is 0.490 e. The molecule has 0 saturated carbocycles. The topological polar surface area (TPSA) is 103 Å². The molecular formula is C25H36F3N3O6. The van der Waals surface area contributed by atoms with Crippen molar-refractivity contribution in [1.29, 1.82) is 0 Å². The van der Waals surface area contributed by atoms with E-state index in [-0.39, 0.29) is 11.0 Å². The van der Waals surface area contributed by atoms with E-state index >= 15 is 0 Å².